The van der Waals surface area contributed by atoms with Gasteiger partial charge in [-0.05, 0) is 42.3 Å². The molecule has 0 radical (unpaired) electrons. The molecule has 2 N–H and O–H groups in total. The molecule has 1 fully saturated rings. The quantitative estimate of drug-likeness (QED) is 0.501. The molecule has 0 saturated carbocycles. The van der Waals surface area contributed by atoms with Gasteiger partial charge < -0.3 is 15.5 Å². The molecule has 1 unspecified atom stereocenters. The van der Waals surface area contributed by atoms with Gasteiger partial charge in [0, 0.05) is 51.3 Å². The van der Waals surface area contributed by atoms with Crippen LogP contribution in [0.15, 0.2) is 66.0 Å². The van der Waals surface area contributed by atoms with E-state index in [2.05, 4.69) is 54.9 Å². The van der Waals surface area contributed by atoms with Crippen LogP contribution in [0.3, 0.4) is 0 Å². The summed E-state index contributed by atoms with van der Waals surface area (Å²) in [6.07, 6.45) is 6.49. The Kier molecular flexibility index (Phi) is 5.95. The highest BCUT2D eigenvalue weighted by Crippen LogP contribution is 2.25. The van der Waals surface area contributed by atoms with Crippen molar-refractivity contribution in [1.29, 1.82) is 0 Å². The van der Waals surface area contributed by atoms with Crippen molar-refractivity contribution in [3.05, 3.63) is 71.6 Å². The van der Waals surface area contributed by atoms with Crippen LogP contribution in [-0.2, 0) is 6.54 Å². The predicted octanol–water partition coefficient (Wildman–Crippen LogP) is 2.86. The molecule has 0 amide bonds. The van der Waals surface area contributed by atoms with Crippen molar-refractivity contribution in [2.24, 2.45) is 4.99 Å². The highest BCUT2D eigenvalue weighted by Gasteiger charge is 2.25. The SMILES string of the molecule is CN=C(NCc1ccc(-n2cccn2)cc1)NC1CCN(c2ncccc2Cl)C1. The molecule has 1 atom stereocenters. The number of halogens is 1. The van der Waals surface area contributed by atoms with Gasteiger partial charge in [0.2, 0.25) is 0 Å². The Hall–Kier alpha value is -3.06. The normalized spacial score (nSPS) is 16.8. The minimum Gasteiger partial charge on any atom is -0.353 e. The van der Waals surface area contributed by atoms with Crippen LogP contribution < -0.4 is 15.5 Å². The molecule has 3 heterocycles. The van der Waals surface area contributed by atoms with Gasteiger partial charge >= 0.3 is 0 Å². The van der Waals surface area contributed by atoms with Crippen molar-refractivity contribution in [3.63, 3.8) is 0 Å². The van der Waals surface area contributed by atoms with E-state index in [-0.39, 0.29) is 0 Å². The van der Waals surface area contributed by atoms with Crippen molar-refractivity contribution in [2.75, 3.05) is 25.0 Å². The van der Waals surface area contributed by atoms with Crippen molar-refractivity contribution < 1.29 is 0 Å². The predicted molar refractivity (Wildman–Crippen MR) is 117 cm³/mol. The number of aliphatic imine (C=N–C) groups is 1. The fourth-order valence-corrected chi connectivity index (χ4v) is 3.68. The Morgan fingerprint density at radius 3 is 2.79 bits per heavy atom. The zero-order valence-electron chi connectivity index (χ0n) is 16.3. The van der Waals surface area contributed by atoms with E-state index in [9.17, 15) is 0 Å². The van der Waals surface area contributed by atoms with Crippen LogP contribution in [0.25, 0.3) is 5.69 Å². The molecule has 0 aliphatic carbocycles. The summed E-state index contributed by atoms with van der Waals surface area (Å²) in [5.74, 6) is 1.64. The number of nitrogens with one attached hydrogen (secondary N) is 2. The standard InChI is InChI=1S/C21H24ClN7/c1-23-21(25-14-16-5-7-18(8-6-16)29-12-3-11-26-29)27-17-9-13-28(15-17)20-19(22)4-2-10-24-20/h2-8,10-12,17H,9,13-15H2,1H3,(H2,23,25,27). The van der Waals surface area contributed by atoms with Gasteiger partial charge in [-0.2, -0.15) is 5.10 Å². The number of aromatic nitrogens is 3. The molecule has 3 aromatic rings. The molecule has 0 spiro atoms. The van der Waals surface area contributed by atoms with Crippen LogP contribution in [0.5, 0.6) is 0 Å². The first kappa shape index (κ1) is 19.3. The molecule has 1 aliphatic rings. The van der Waals surface area contributed by atoms with Gasteiger partial charge in [0.15, 0.2) is 5.96 Å². The first-order valence-corrected chi connectivity index (χ1v) is 10.0. The van der Waals surface area contributed by atoms with Crippen LogP contribution in [0.2, 0.25) is 5.02 Å². The lowest BCUT2D eigenvalue weighted by molar-refractivity contribution is 0.648. The van der Waals surface area contributed by atoms with E-state index in [0.29, 0.717) is 17.6 Å². The molecule has 7 nitrogen and oxygen atoms in total. The average molecular weight is 410 g/mol. The zero-order chi connectivity index (χ0) is 20.1. The van der Waals surface area contributed by atoms with Crippen LogP contribution in [0.4, 0.5) is 5.82 Å². The van der Waals surface area contributed by atoms with Crippen molar-refractivity contribution in [2.45, 2.75) is 19.0 Å². The molecule has 2 aromatic heterocycles. The molecule has 4 rings (SSSR count). The Labute approximate surface area is 175 Å². The van der Waals surface area contributed by atoms with Gasteiger partial charge in [-0.3, -0.25) is 4.99 Å². The summed E-state index contributed by atoms with van der Waals surface area (Å²) in [6, 6.07) is 14.2. The minimum absolute atomic E-state index is 0.293. The third kappa shape index (κ3) is 4.68. The number of hydrogen-bond donors (Lipinski definition) is 2. The maximum atomic E-state index is 6.28. The summed E-state index contributed by atoms with van der Waals surface area (Å²) in [6.45, 7) is 2.46. The molecule has 8 heteroatoms. The summed E-state index contributed by atoms with van der Waals surface area (Å²) in [5, 5.41) is 11.8. The van der Waals surface area contributed by atoms with Crippen LogP contribution in [-0.4, -0.2) is 46.9 Å². The Balaban J connectivity index is 1.29. The third-order valence-electron chi connectivity index (χ3n) is 4.96. The van der Waals surface area contributed by atoms with Crippen molar-refractivity contribution >= 4 is 23.4 Å². The first-order valence-electron chi connectivity index (χ1n) is 9.64. The Morgan fingerprint density at radius 1 is 1.21 bits per heavy atom. The van der Waals surface area contributed by atoms with Crippen LogP contribution in [0.1, 0.15) is 12.0 Å². The number of benzene rings is 1. The van der Waals surface area contributed by atoms with Gasteiger partial charge in [-0.25, -0.2) is 9.67 Å². The third-order valence-corrected chi connectivity index (χ3v) is 5.25. The summed E-state index contributed by atoms with van der Waals surface area (Å²) >= 11 is 6.28. The lowest BCUT2D eigenvalue weighted by Gasteiger charge is -2.20. The fraction of sp³-hybridized carbons (Fsp3) is 0.286. The number of rotatable bonds is 5. The molecule has 150 valence electrons. The lowest BCUT2D eigenvalue weighted by Crippen LogP contribution is -2.44. The van der Waals surface area contributed by atoms with Crippen LogP contribution in [0, 0.1) is 0 Å². The smallest absolute Gasteiger partial charge is 0.191 e. The zero-order valence-corrected chi connectivity index (χ0v) is 17.0. The second-order valence-corrected chi connectivity index (χ2v) is 7.33. The number of nitrogens with zero attached hydrogens (tertiary/aromatic N) is 5. The van der Waals surface area contributed by atoms with Gasteiger partial charge in [-0.1, -0.05) is 23.7 Å². The van der Waals surface area contributed by atoms with Crippen molar-refractivity contribution in [1.82, 2.24) is 25.4 Å². The highest BCUT2D eigenvalue weighted by molar-refractivity contribution is 6.32. The molecular weight excluding hydrogens is 386 g/mol. The van der Waals surface area contributed by atoms with E-state index >= 15 is 0 Å². The van der Waals surface area contributed by atoms with E-state index in [1.807, 2.05) is 29.1 Å². The Bertz CT molecular complexity index is 953. The van der Waals surface area contributed by atoms with E-state index in [1.54, 1.807) is 19.4 Å². The Morgan fingerprint density at radius 2 is 2.07 bits per heavy atom. The van der Waals surface area contributed by atoms with E-state index in [4.69, 9.17) is 11.6 Å². The summed E-state index contributed by atoms with van der Waals surface area (Å²) < 4.78 is 1.84. The lowest BCUT2D eigenvalue weighted by atomic mass is 10.2. The van der Waals surface area contributed by atoms with Gasteiger partial charge in [0.25, 0.3) is 0 Å². The van der Waals surface area contributed by atoms with Crippen molar-refractivity contribution in [3.8, 4) is 5.69 Å². The van der Waals surface area contributed by atoms with Gasteiger partial charge in [0.05, 0.1) is 10.7 Å². The second-order valence-electron chi connectivity index (χ2n) is 6.93. The monoisotopic (exact) mass is 409 g/mol. The molecule has 1 aromatic carbocycles. The highest BCUT2D eigenvalue weighted by atomic mass is 35.5. The maximum absolute atomic E-state index is 6.28. The van der Waals surface area contributed by atoms with Crippen LogP contribution >= 0.6 is 11.6 Å². The minimum atomic E-state index is 0.293. The second kappa shape index (κ2) is 8.96. The first-order chi connectivity index (χ1) is 14.2. The summed E-state index contributed by atoms with van der Waals surface area (Å²) in [5.41, 5.74) is 2.22. The number of guanidine groups is 1. The molecule has 1 aliphatic heterocycles. The number of pyridine rings is 1. The summed E-state index contributed by atoms with van der Waals surface area (Å²) in [4.78, 5) is 11.0. The molecular formula is C21H24ClN7. The largest absolute Gasteiger partial charge is 0.353 e. The molecule has 0 bridgehead atoms. The number of anilines is 1. The summed E-state index contributed by atoms with van der Waals surface area (Å²) in [7, 11) is 1.79. The topological polar surface area (TPSA) is 70.4 Å². The fourth-order valence-electron chi connectivity index (χ4n) is 3.44. The van der Waals surface area contributed by atoms with E-state index in [1.165, 1.54) is 5.56 Å². The van der Waals surface area contributed by atoms with Gasteiger partial charge in [-0.15, -0.1) is 0 Å². The van der Waals surface area contributed by atoms with E-state index in [0.717, 1.165) is 37.0 Å². The number of hydrogen-bond acceptors (Lipinski definition) is 4. The maximum Gasteiger partial charge on any atom is 0.191 e. The average Bonchev–Trinajstić information content (AvgIpc) is 3.44. The molecule has 1 saturated heterocycles. The molecule has 29 heavy (non-hydrogen) atoms. The van der Waals surface area contributed by atoms with Gasteiger partial charge in [0.1, 0.15) is 5.82 Å². The van der Waals surface area contributed by atoms with E-state index < -0.39 is 0 Å².